The summed E-state index contributed by atoms with van der Waals surface area (Å²) in [6.07, 6.45) is 5.93. The van der Waals surface area contributed by atoms with Gasteiger partial charge in [0.25, 0.3) is 5.91 Å². The van der Waals surface area contributed by atoms with Crippen molar-refractivity contribution in [2.24, 2.45) is 0 Å². The van der Waals surface area contributed by atoms with Gasteiger partial charge in [-0.2, -0.15) is 0 Å². The van der Waals surface area contributed by atoms with Crippen molar-refractivity contribution in [2.45, 2.75) is 51.5 Å². The summed E-state index contributed by atoms with van der Waals surface area (Å²) in [5.74, 6) is 0.151. The lowest BCUT2D eigenvalue weighted by Gasteiger charge is -2.45. The standard InChI is InChI=1S/C28H34N4O4/c1-19-9-12-25(36-2)21(16-19)29-26(33)18-32-24-17-20(27(34)30-13-5-3-6-14-30)10-11-22(24)31-15-7-4-8-23(31)28(32)35/h9-12,16-17,23H,3-8,13-15,18H2,1-2H3,(H,29,33)/t23-/m1/s1. The minimum absolute atomic E-state index is 0.0142. The quantitative estimate of drug-likeness (QED) is 0.686. The topological polar surface area (TPSA) is 82.2 Å². The van der Waals surface area contributed by atoms with Gasteiger partial charge in [0.05, 0.1) is 24.2 Å². The number of methoxy groups -OCH3 is 1. The number of aryl methyl sites for hydroxylation is 1. The predicted octanol–water partition coefficient (Wildman–Crippen LogP) is 3.97. The number of fused-ring (bicyclic) bond motifs is 3. The zero-order chi connectivity index (χ0) is 25.2. The Morgan fingerprint density at radius 1 is 0.972 bits per heavy atom. The lowest BCUT2D eigenvalue weighted by molar-refractivity contribution is -0.123. The van der Waals surface area contributed by atoms with Crippen LogP contribution < -0.4 is 19.9 Å². The number of carbonyl (C=O) groups excluding carboxylic acids is 3. The Kier molecular flexibility index (Phi) is 6.85. The van der Waals surface area contributed by atoms with E-state index >= 15 is 0 Å². The van der Waals surface area contributed by atoms with Crippen LogP contribution in [0, 0.1) is 6.92 Å². The molecular weight excluding hydrogens is 456 g/mol. The van der Waals surface area contributed by atoms with Crippen LogP contribution in [0.3, 0.4) is 0 Å². The van der Waals surface area contributed by atoms with E-state index in [1.807, 2.05) is 42.2 Å². The number of nitrogens with one attached hydrogen (secondary N) is 1. The van der Waals surface area contributed by atoms with Crippen LogP contribution in [0.1, 0.15) is 54.4 Å². The van der Waals surface area contributed by atoms with E-state index in [4.69, 9.17) is 4.74 Å². The highest BCUT2D eigenvalue weighted by Gasteiger charge is 2.40. The van der Waals surface area contributed by atoms with Crippen LogP contribution in [-0.4, -0.2) is 62.0 Å². The molecule has 3 aliphatic rings. The van der Waals surface area contributed by atoms with E-state index in [-0.39, 0.29) is 30.3 Å². The second kappa shape index (κ2) is 10.2. The predicted molar refractivity (Wildman–Crippen MR) is 140 cm³/mol. The highest BCUT2D eigenvalue weighted by Crippen LogP contribution is 2.40. The summed E-state index contributed by atoms with van der Waals surface area (Å²) in [5, 5.41) is 2.92. The summed E-state index contributed by atoms with van der Waals surface area (Å²) in [6.45, 7) is 4.12. The van der Waals surface area contributed by atoms with E-state index < -0.39 is 0 Å². The molecule has 36 heavy (non-hydrogen) atoms. The van der Waals surface area contributed by atoms with Crippen LogP contribution in [0.4, 0.5) is 17.1 Å². The number of likely N-dealkylation sites (tertiary alicyclic amines) is 1. The molecule has 5 rings (SSSR count). The Morgan fingerprint density at radius 3 is 2.53 bits per heavy atom. The van der Waals surface area contributed by atoms with Crippen LogP contribution >= 0.6 is 0 Å². The first-order chi connectivity index (χ1) is 17.5. The third kappa shape index (κ3) is 4.64. The molecule has 2 aromatic carbocycles. The third-order valence-electron chi connectivity index (χ3n) is 7.45. The molecule has 2 aromatic rings. The fourth-order valence-electron chi connectivity index (χ4n) is 5.59. The van der Waals surface area contributed by atoms with Gasteiger partial charge >= 0.3 is 0 Å². The molecule has 1 atom stereocenters. The Hall–Kier alpha value is -3.55. The summed E-state index contributed by atoms with van der Waals surface area (Å²) in [6, 6.07) is 10.9. The fourth-order valence-corrected chi connectivity index (χ4v) is 5.59. The summed E-state index contributed by atoms with van der Waals surface area (Å²) in [4.78, 5) is 45.7. The number of amides is 3. The third-order valence-corrected chi connectivity index (χ3v) is 7.45. The van der Waals surface area contributed by atoms with Crippen molar-refractivity contribution >= 4 is 34.8 Å². The minimum atomic E-state index is -0.310. The fraction of sp³-hybridized carbons (Fsp3) is 0.464. The van der Waals surface area contributed by atoms with Crippen molar-refractivity contribution in [2.75, 3.05) is 48.4 Å². The van der Waals surface area contributed by atoms with Crippen molar-refractivity contribution in [1.29, 1.82) is 0 Å². The Bertz CT molecular complexity index is 1170. The van der Waals surface area contributed by atoms with Gasteiger partial charge in [-0.1, -0.05) is 6.07 Å². The summed E-state index contributed by atoms with van der Waals surface area (Å²) < 4.78 is 5.39. The molecule has 8 heteroatoms. The average Bonchev–Trinajstić information content (AvgIpc) is 2.91. The van der Waals surface area contributed by atoms with Gasteiger partial charge in [-0.25, -0.2) is 0 Å². The average molecular weight is 491 g/mol. The van der Waals surface area contributed by atoms with Gasteiger partial charge in [0.1, 0.15) is 18.3 Å². The van der Waals surface area contributed by atoms with Gasteiger partial charge in [-0.15, -0.1) is 0 Å². The number of rotatable bonds is 5. The van der Waals surface area contributed by atoms with Crippen LogP contribution in [0.25, 0.3) is 0 Å². The zero-order valence-electron chi connectivity index (χ0n) is 21.1. The number of hydrogen-bond acceptors (Lipinski definition) is 5. The molecule has 3 heterocycles. The Balaban J connectivity index is 1.45. The zero-order valence-corrected chi connectivity index (χ0v) is 21.1. The first-order valence-electron chi connectivity index (χ1n) is 12.9. The molecular formula is C28H34N4O4. The Labute approximate surface area is 212 Å². The van der Waals surface area contributed by atoms with Crippen molar-refractivity contribution in [3.05, 3.63) is 47.5 Å². The molecule has 0 bridgehead atoms. The molecule has 8 nitrogen and oxygen atoms in total. The van der Waals surface area contributed by atoms with Crippen LogP contribution in [0.15, 0.2) is 36.4 Å². The molecule has 0 saturated carbocycles. The molecule has 0 aromatic heterocycles. The van der Waals surface area contributed by atoms with Crippen LogP contribution in [0.2, 0.25) is 0 Å². The summed E-state index contributed by atoms with van der Waals surface area (Å²) >= 11 is 0. The monoisotopic (exact) mass is 490 g/mol. The van der Waals surface area contributed by atoms with Gasteiger partial charge in [-0.05, 0) is 81.3 Å². The van der Waals surface area contributed by atoms with E-state index in [2.05, 4.69) is 10.2 Å². The molecule has 0 aliphatic carbocycles. The first-order valence-corrected chi connectivity index (χ1v) is 12.9. The normalized spacial score (nSPS) is 19.4. The molecule has 0 radical (unpaired) electrons. The van der Waals surface area contributed by atoms with Crippen molar-refractivity contribution in [1.82, 2.24) is 4.90 Å². The molecule has 3 aliphatic heterocycles. The molecule has 3 amide bonds. The number of benzene rings is 2. The molecule has 0 unspecified atom stereocenters. The molecule has 0 spiro atoms. The summed E-state index contributed by atoms with van der Waals surface area (Å²) in [5.41, 5.74) is 3.66. The van der Waals surface area contributed by atoms with Gasteiger partial charge in [0.15, 0.2) is 0 Å². The molecule has 190 valence electrons. The maximum Gasteiger partial charge on any atom is 0.253 e. The van der Waals surface area contributed by atoms with E-state index in [1.54, 1.807) is 18.1 Å². The number of ether oxygens (including phenoxy) is 1. The molecule has 1 N–H and O–H groups in total. The van der Waals surface area contributed by atoms with Crippen molar-refractivity contribution < 1.29 is 19.1 Å². The van der Waals surface area contributed by atoms with Gasteiger partial charge in [0, 0.05) is 25.2 Å². The highest BCUT2D eigenvalue weighted by atomic mass is 16.5. The number of carbonyl (C=O) groups is 3. The van der Waals surface area contributed by atoms with Crippen molar-refractivity contribution in [3.8, 4) is 5.75 Å². The lowest BCUT2D eigenvalue weighted by Crippen LogP contribution is -2.56. The van der Waals surface area contributed by atoms with E-state index in [1.165, 1.54) is 0 Å². The maximum atomic E-state index is 13.7. The Morgan fingerprint density at radius 2 is 1.75 bits per heavy atom. The lowest BCUT2D eigenvalue weighted by atomic mass is 9.95. The minimum Gasteiger partial charge on any atom is -0.495 e. The largest absolute Gasteiger partial charge is 0.495 e. The molecule has 2 saturated heterocycles. The SMILES string of the molecule is COc1ccc(C)cc1NC(=O)CN1C(=O)[C@H]2CCCCN2c2ccc(C(=O)N3CCCCC3)cc21. The second-order valence-corrected chi connectivity index (χ2v) is 9.94. The number of piperidine rings is 2. The first kappa shape index (κ1) is 24.2. The smallest absolute Gasteiger partial charge is 0.253 e. The van der Waals surface area contributed by atoms with Gasteiger partial charge < -0.3 is 19.9 Å². The summed E-state index contributed by atoms with van der Waals surface area (Å²) in [7, 11) is 1.56. The number of nitrogens with zero attached hydrogens (tertiary/aromatic N) is 3. The molecule has 2 fully saturated rings. The van der Waals surface area contributed by atoms with E-state index in [0.717, 1.165) is 69.4 Å². The van der Waals surface area contributed by atoms with Gasteiger partial charge in [0.2, 0.25) is 11.8 Å². The van der Waals surface area contributed by atoms with Crippen molar-refractivity contribution in [3.63, 3.8) is 0 Å². The van der Waals surface area contributed by atoms with Gasteiger partial charge in [-0.3, -0.25) is 19.3 Å². The number of anilines is 3. The second-order valence-electron chi connectivity index (χ2n) is 9.94. The van der Waals surface area contributed by atoms with Crippen LogP contribution in [-0.2, 0) is 9.59 Å². The van der Waals surface area contributed by atoms with E-state index in [9.17, 15) is 14.4 Å². The maximum absolute atomic E-state index is 13.7. The van der Waals surface area contributed by atoms with E-state index in [0.29, 0.717) is 22.7 Å². The highest BCUT2D eigenvalue weighted by molar-refractivity contribution is 6.11. The van der Waals surface area contributed by atoms with Crippen LogP contribution in [0.5, 0.6) is 5.75 Å². The number of hydrogen-bond donors (Lipinski definition) is 1.